The summed E-state index contributed by atoms with van der Waals surface area (Å²) in [5, 5.41) is 9.70. The predicted molar refractivity (Wildman–Crippen MR) is 89.8 cm³/mol. The molecule has 2 saturated heterocycles. The first-order valence-corrected chi connectivity index (χ1v) is 8.61. The van der Waals surface area contributed by atoms with Crippen LogP contribution in [-0.4, -0.2) is 35.7 Å². The van der Waals surface area contributed by atoms with E-state index >= 15 is 0 Å². The first kappa shape index (κ1) is 15.1. The first-order chi connectivity index (χ1) is 11.7. The average Bonchev–Trinajstić information content (AvgIpc) is 3.14. The molecule has 0 N–H and O–H groups in total. The van der Waals surface area contributed by atoms with E-state index in [2.05, 4.69) is 28.0 Å². The second kappa shape index (κ2) is 5.55. The standard InChI is InChI=1S/C19H21N3O2/c1-2-24-18(23)16-11-19-9-6-10-21(19)13-14(12-20)17(16)22(19)15-7-4-3-5-8-15/h3-5,7-8,13,16-17H,2,6,9-11H2,1H3/t16-,17+,19+/m0/s1. The van der Waals surface area contributed by atoms with Crippen LogP contribution in [0.5, 0.6) is 0 Å². The molecule has 1 spiro atoms. The van der Waals surface area contributed by atoms with Gasteiger partial charge in [0.15, 0.2) is 0 Å². The van der Waals surface area contributed by atoms with Gasteiger partial charge in [-0.3, -0.25) is 4.79 Å². The number of carbonyl (C=O) groups is 1. The Morgan fingerprint density at radius 2 is 2.21 bits per heavy atom. The third kappa shape index (κ3) is 1.96. The minimum absolute atomic E-state index is 0.185. The van der Waals surface area contributed by atoms with Crippen molar-refractivity contribution in [3.8, 4) is 6.07 Å². The first-order valence-electron chi connectivity index (χ1n) is 8.61. The van der Waals surface area contributed by atoms with Crippen LogP contribution in [-0.2, 0) is 9.53 Å². The lowest BCUT2D eigenvalue weighted by atomic mass is 9.93. The molecule has 5 heteroatoms. The Hall–Kier alpha value is -2.48. The topological polar surface area (TPSA) is 56.6 Å². The number of esters is 1. The summed E-state index contributed by atoms with van der Waals surface area (Å²) in [4.78, 5) is 17.2. The van der Waals surface area contributed by atoms with Crippen molar-refractivity contribution in [3.05, 3.63) is 42.1 Å². The van der Waals surface area contributed by atoms with Gasteiger partial charge in [0.1, 0.15) is 5.66 Å². The SMILES string of the molecule is CCOC(=O)[C@H]1C[C@]23CCCN2C=C(C#N)[C@H]1N3c1ccccc1. The molecule has 0 amide bonds. The van der Waals surface area contributed by atoms with Crippen LogP contribution < -0.4 is 4.90 Å². The van der Waals surface area contributed by atoms with Gasteiger partial charge in [-0.05, 0) is 31.9 Å². The fourth-order valence-corrected chi connectivity index (χ4v) is 4.69. The molecule has 0 unspecified atom stereocenters. The minimum atomic E-state index is -0.292. The van der Waals surface area contributed by atoms with Gasteiger partial charge in [0.05, 0.1) is 30.2 Å². The molecule has 1 aromatic carbocycles. The fraction of sp³-hybridized carbons (Fsp3) is 0.474. The highest BCUT2D eigenvalue weighted by atomic mass is 16.5. The molecule has 2 fully saturated rings. The van der Waals surface area contributed by atoms with E-state index in [1.54, 1.807) is 0 Å². The lowest BCUT2D eigenvalue weighted by Gasteiger charge is -2.48. The smallest absolute Gasteiger partial charge is 0.311 e. The molecule has 24 heavy (non-hydrogen) atoms. The molecule has 1 aromatic rings. The summed E-state index contributed by atoms with van der Waals surface area (Å²) in [6.45, 7) is 3.13. The van der Waals surface area contributed by atoms with E-state index in [-0.39, 0.29) is 23.6 Å². The summed E-state index contributed by atoms with van der Waals surface area (Å²) < 4.78 is 5.34. The maximum Gasteiger partial charge on any atom is 0.311 e. The maximum absolute atomic E-state index is 12.6. The second-order valence-electron chi connectivity index (χ2n) is 6.69. The molecule has 0 radical (unpaired) electrons. The molecule has 5 nitrogen and oxygen atoms in total. The molecule has 3 aliphatic rings. The zero-order valence-corrected chi connectivity index (χ0v) is 13.8. The number of anilines is 1. The van der Waals surface area contributed by atoms with Gasteiger partial charge in [0.25, 0.3) is 0 Å². The van der Waals surface area contributed by atoms with E-state index in [1.807, 2.05) is 31.3 Å². The number of carbonyl (C=O) groups excluding carboxylic acids is 1. The van der Waals surface area contributed by atoms with Crippen molar-refractivity contribution >= 4 is 11.7 Å². The second-order valence-corrected chi connectivity index (χ2v) is 6.69. The predicted octanol–water partition coefficient (Wildman–Crippen LogP) is 2.66. The molecule has 0 aliphatic carbocycles. The van der Waals surface area contributed by atoms with E-state index in [0.29, 0.717) is 18.6 Å². The Balaban J connectivity index is 1.85. The molecule has 3 aliphatic heterocycles. The Bertz CT molecular complexity index is 724. The van der Waals surface area contributed by atoms with Gasteiger partial charge in [-0.2, -0.15) is 5.26 Å². The number of nitriles is 1. The van der Waals surface area contributed by atoms with Crippen LogP contribution in [0.1, 0.15) is 26.2 Å². The molecule has 0 aromatic heterocycles. The highest BCUT2D eigenvalue weighted by molar-refractivity contribution is 5.78. The number of hydrogen-bond donors (Lipinski definition) is 0. The Kier molecular flexibility index (Phi) is 3.49. The van der Waals surface area contributed by atoms with Gasteiger partial charge in [-0.15, -0.1) is 0 Å². The van der Waals surface area contributed by atoms with Crippen molar-refractivity contribution in [1.82, 2.24) is 4.90 Å². The van der Waals surface area contributed by atoms with Crippen molar-refractivity contribution in [2.24, 2.45) is 5.92 Å². The zero-order valence-electron chi connectivity index (χ0n) is 13.8. The summed E-state index contributed by atoms with van der Waals surface area (Å²) in [5.74, 6) is -0.477. The molecular weight excluding hydrogens is 302 g/mol. The third-order valence-electron chi connectivity index (χ3n) is 5.53. The average molecular weight is 323 g/mol. The summed E-state index contributed by atoms with van der Waals surface area (Å²) in [5.41, 5.74) is 1.53. The van der Waals surface area contributed by atoms with Crippen molar-refractivity contribution < 1.29 is 9.53 Å². The largest absolute Gasteiger partial charge is 0.466 e. The summed E-state index contributed by atoms with van der Waals surface area (Å²) >= 11 is 0. The van der Waals surface area contributed by atoms with Crippen LogP contribution in [0.2, 0.25) is 0 Å². The Morgan fingerprint density at radius 3 is 2.92 bits per heavy atom. The lowest BCUT2D eigenvalue weighted by Crippen LogP contribution is -2.57. The number of nitrogens with zero attached hydrogens (tertiary/aromatic N) is 3. The molecular formula is C19H21N3O2. The Labute approximate surface area is 142 Å². The molecule has 3 atom stereocenters. The van der Waals surface area contributed by atoms with E-state index in [4.69, 9.17) is 4.74 Å². The van der Waals surface area contributed by atoms with E-state index in [0.717, 1.165) is 25.1 Å². The number of fused-ring (bicyclic) bond motifs is 1. The van der Waals surface area contributed by atoms with Gasteiger partial charge >= 0.3 is 5.97 Å². The normalized spacial score (nSPS) is 30.6. The highest BCUT2D eigenvalue weighted by Gasteiger charge is 2.61. The monoisotopic (exact) mass is 323 g/mol. The van der Waals surface area contributed by atoms with Crippen LogP contribution in [0.25, 0.3) is 0 Å². The van der Waals surface area contributed by atoms with Crippen LogP contribution in [0.4, 0.5) is 5.69 Å². The fourth-order valence-electron chi connectivity index (χ4n) is 4.69. The lowest BCUT2D eigenvalue weighted by molar-refractivity contribution is -0.148. The van der Waals surface area contributed by atoms with Crippen LogP contribution in [0.15, 0.2) is 42.1 Å². The van der Waals surface area contributed by atoms with Crippen molar-refractivity contribution in [2.75, 3.05) is 18.1 Å². The number of ether oxygens (including phenoxy) is 1. The van der Waals surface area contributed by atoms with Crippen LogP contribution in [0, 0.1) is 17.2 Å². The van der Waals surface area contributed by atoms with Gasteiger partial charge < -0.3 is 14.5 Å². The maximum atomic E-state index is 12.6. The quantitative estimate of drug-likeness (QED) is 0.801. The van der Waals surface area contributed by atoms with Gasteiger partial charge in [0, 0.05) is 24.9 Å². The van der Waals surface area contributed by atoms with Crippen molar-refractivity contribution in [3.63, 3.8) is 0 Å². The molecule has 2 bridgehead atoms. The summed E-state index contributed by atoms with van der Waals surface area (Å²) in [6, 6.07) is 12.3. The molecule has 3 heterocycles. The Morgan fingerprint density at radius 1 is 1.42 bits per heavy atom. The van der Waals surface area contributed by atoms with E-state index < -0.39 is 0 Å². The number of hydrogen-bond acceptors (Lipinski definition) is 5. The molecule has 0 saturated carbocycles. The molecule has 124 valence electrons. The van der Waals surface area contributed by atoms with Gasteiger partial charge in [-0.25, -0.2) is 0 Å². The number of rotatable bonds is 3. The summed E-state index contributed by atoms with van der Waals surface area (Å²) in [6.07, 6.45) is 4.77. The van der Waals surface area contributed by atoms with Crippen molar-refractivity contribution in [1.29, 1.82) is 5.26 Å². The van der Waals surface area contributed by atoms with Crippen molar-refractivity contribution in [2.45, 2.75) is 37.9 Å². The van der Waals surface area contributed by atoms with Gasteiger partial charge in [-0.1, -0.05) is 18.2 Å². The number of para-hydroxylation sites is 1. The summed E-state index contributed by atoms with van der Waals surface area (Å²) in [7, 11) is 0. The minimum Gasteiger partial charge on any atom is -0.466 e. The zero-order chi connectivity index (χ0) is 16.7. The van der Waals surface area contributed by atoms with Gasteiger partial charge in [0.2, 0.25) is 0 Å². The van der Waals surface area contributed by atoms with Crippen LogP contribution >= 0.6 is 0 Å². The van der Waals surface area contributed by atoms with Crippen LogP contribution in [0.3, 0.4) is 0 Å². The van der Waals surface area contributed by atoms with E-state index in [1.165, 1.54) is 0 Å². The number of benzene rings is 1. The third-order valence-corrected chi connectivity index (χ3v) is 5.53. The highest BCUT2D eigenvalue weighted by Crippen LogP contribution is 2.53. The van der Waals surface area contributed by atoms with E-state index in [9.17, 15) is 10.1 Å². The molecule has 4 rings (SSSR count).